The first kappa shape index (κ1) is 15.7. The Hall–Kier alpha value is -3.15. The smallest absolute Gasteiger partial charge is 0.336 e. The number of carbonyl (C=O) groups excluding carboxylic acids is 1. The normalized spacial score (nSPS) is 11.7. The second kappa shape index (κ2) is 7.41. The van der Waals surface area contributed by atoms with E-state index in [-0.39, 0.29) is 11.9 Å². The molecule has 122 valence electrons. The fourth-order valence-electron chi connectivity index (χ4n) is 2.20. The molecule has 0 radical (unpaired) electrons. The van der Waals surface area contributed by atoms with Crippen molar-refractivity contribution in [2.24, 2.45) is 0 Å². The summed E-state index contributed by atoms with van der Waals surface area (Å²) >= 11 is 0. The van der Waals surface area contributed by atoms with Crippen LogP contribution in [0.4, 0.5) is 5.69 Å². The van der Waals surface area contributed by atoms with E-state index in [0.717, 1.165) is 11.4 Å². The lowest BCUT2D eigenvalue weighted by Crippen LogP contribution is -2.32. The van der Waals surface area contributed by atoms with Gasteiger partial charge >= 0.3 is 6.01 Å². The van der Waals surface area contributed by atoms with Gasteiger partial charge in [0.2, 0.25) is 0 Å². The number of nitrogens with one attached hydrogen (secondary N) is 1. The maximum absolute atomic E-state index is 12.3. The van der Waals surface area contributed by atoms with Gasteiger partial charge in [0.1, 0.15) is 6.33 Å². The summed E-state index contributed by atoms with van der Waals surface area (Å²) in [4.78, 5) is 16.4. The van der Waals surface area contributed by atoms with Gasteiger partial charge in [0, 0.05) is 5.69 Å². The molecule has 1 N–H and O–H groups in total. The lowest BCUT2D eigenvalue weighted by atomic mass is 10.2. The van der Waals surface area contributed by atoms with Crippen LogP contribution in [0.25, 0.3) is 5.69 Å². The number of aromatic nitrogens is 3. The number of nitrogens with zero attached hydrogens (tertiary/aromatic N) is 3. The predicted molar refractivity (Wildman–Crippen MR) is 91.1 cm³/mol. The number of para-hydroxylation sites is 2. The molecule has 1 aromatic heterocycles. The zero-order valence-corrected chi connectivity index (χ0v) is 13.3. The van der Waals surface area contributed by atoms with Crippen molar-refractivity contribution in [1.82, 2.24) is 14.8 Å². The summed E-state index contributed by atoms with van der Waals surface area (Å²) in [5.41, 5.74) is 1.61. The van der Waals surface area contributed by atoms with Crippen molar-refractivity contribution in [3.8, 4) is 11.7 Å². The monoisotopic (exact) mass is 322 g/mol. The Morgan fingerprint density at radius 3 is 2.46 bits per heavy atom. The number of hydrogen-bond donors (Lipinski definition) is 1. The molecule has 0 fully saturated rings. The van der Waals surface area contributed by atoms with E-state index in [9.17, 15) is 4.79 Å². The minimum atomic E-state index is -0.656. The molecule has 0 aliphatic carbocycles. The van der Waals surface area contributed by atoms with Crippen LogP contribution in [0.5, 0.6) is 6.01 Å². The molecule has 6 nitrogen and oxygen atoms in total. The van der Waals surface area contributed by atoms with E-state index in [1.165, 1.54) is 0 Å². The molecule has 1 amide bonds. The highest BCUT2D eigenvalue weighted by atomic mass is 16.5. The lowest BCUT2D eigenvalue weighted by Gasteiger charge is -2.14. The van der Waals surface area contributed by atoms with Gasteiger partial charge in [-0.1, -0.05) is 43.3 Å². The molecule has 3 aromatic rings. The molecule has 0 saturated carbocycles. The maximum atomic E-state index is 12.3. The van der Waals surface area contributed by atoms with Gasteiger partial charge in [-0.2, -0.15) is 4.98 Å². The van der Waals surface area contributed by atoms with Gasteiger partial charge in [-0.3, -0.25) is 4.79 Å². The van der Waals surface area contributed by atoms with Crippen molar-refractivity contribution in [3.63, 3.8) is 0 Å². The minimum absolute atomic E-state index is 0.175. The Morgan fingerprint density at radius 2 is 1.79 bits per heavy atom. The van der Waals surface area contributed by atoms with Crippen molar-refractivity contribution >= 4 is 11.6 Å². The molecule has 1 unspecified atom stereocenters. The number of carbonyl (C=O) groups is 1. The van der Waals surface area contributed by atoms with Gasteiger partial charge in [0.25, 0.3) is 5.91 Å². The first-order valence-electron chi connectivity index (χ1n) is 7.76. The number of anilines is 1. The van der Waals surface area contributed by atoms with Crippen LogP contribution < -0.4 is 10.1 Å². The average molecular weight is 322 g/mol. The molecule has 0 saturated heterocycles. The van der Waals surface area contributed by atoms with Gasteiger partial charge in [-0.25, -0.2) is 4.68 Å². The Bertz CT molecular complexity index is 787. The molecule has 1 atom stereocenters. The third-order valence-corrected chi connectivity index (χ3v) is 3.44. The molecule has 0 aliphatic rings. The molecule has 0 spiro atoms. The molecule has 24 heavy (non-hydrogen) atoms. The molecular weight excluding hydrogens is 304 g/mol. The zero-order chi connectivity index (χ0) is 16.8. The zero-order valence-electron chi connectivity index (χ0n) is 13.3. The van der Waals surface area contributed by atoms with E-state index in [0.29, 0.717) is 6.42 Å². The van der Waals surface area contributed by atoms with Crippen molar-refractivity contribution in [3.05, 3.63) is 67.0 Å². The third-order valence-electron chi connectivity index (χ3n) is 3.44. The van der Waals surface area contributed by atoms with Crippen LogP contribution in [-0.4, -0.2) is 26.8 Å². The van der Waals surface area contributed by atoms with E-state index >= 15 is 0 Å². The number of ether oxygens (including phenoxy) is 1. The molecule has 0 aliphatic heterocycles. The number of benzene rings is 2. The van der Waals surface area contributed by atoms with E-state index in [1.807, 2.05) is 67.6 Å². The third kappa shape index (κ3) is 3.78. The molecule has 6 heteroatoms. The van der Waals surface area contributed by atoms with Gasteiger partial charge in [0.15, 0.2) is 6.10 Å². The summed E-state index contributed by atoms with van der Waals surface area (Å²) in [6.45, 7) is 1.88. The molecule has 0 bridgehead atoms. The first-order valence-corrected chi connectivity index (χ1v) is 7.76. The predicted octanol–water partition coefficient (Wildman–Crippen LogP) is 3.06. The van der Waals surface area contributed by atoms with E-state index < -0.39 is 6.10 Å². The van der Waals surface area contributed by atoms with Gasteiger partial charge in [-0.15, -0.1) is 5.10 Å². The number of rotatable bonds is 6. The average Bonchev–Trinajstić information content (AvgIpc) is 3.10. The minimum Gasteiger partial charge on any atom is -0.449 e. The molecule has 3 rings (SSSR count). The van der Waals surface area contributed by atoms with Crippen LogP contribution >= 0.6 is 0 Å². The largest absolute Gasteiger partial charge is 0.449 e. The van der Waals surface area contributed by atoms with Gasteiger partial charge in [-0.05, 0) is 30.7 Å². The van der Waals surface area contributed by atoms with Crippen molar-refractivity contribution in [2.75, 3.05) is 5.32 Å². The second-order valence-corrected chi connectivity index (χ2v) is 5.18. The fourth-order valence-corrected chi connectivity index (χ4v) is 2.20. The van der Waals surface area contributed by atoms with Crippen LogP contribution in [0.1, 0.15) is 13.3 Å². The highest BCUT2D eigenvalue weighted by Crippen LogP contribution is 2.13. The summed E-state index contributed by atoms with van der Waals surface area (Å²) in [6.07, 6.45) is 1.42. The first-order chi connectivity index (χ1) is 11.8. The van der Waals surface area contributed by atoms with E-state index in [1.54, 1.807) is 11.0 Å². The quantitative estimate of drug-likeness (QED) is 0.757. The molecular formula is C18H18N4O2. The fraction of sp³-hybridized carbons (Fsp3) is 0.167. The Balaban J connectivity index is 1.67. The van der Waals surface area contributed by atoms with E-state index in [4.69, 9.17) is 4.74 Å². The number of amides is 1. The summed E-state index contributed by atoms with van der Waals surface area (Å²) in [5, 5.41) is 7.09. The Labute approximate surface area is 140 Å². The van der Waals surface area contributed by atoms with Crippen molar-refractivity contribution in [2.45, 2.75) is 19.4 Å². The van der Waals surface area contributed by atoms with Crippen molar-refractivity contribution in [1.29, 1.82) is 0 Å². The Kier molecular flexibility index (Phi) is 4.86. The van der Waals surface area contributed by atoms with Crippen LogP contribution in [-0.2, 0) is 4.79 Å². The maximum Gasteiger partial charge on any atom is 0.336 e. The van der Waals surface area contributed by atoms with Crippen LogP contribution in [0.2, 0.25) is 0 Å². The topological polar surface area (TPSA) is 69.0 Å². The molecule has 1 heterocycles. The SMILES string of the molecule is CCC(Oc1ncn(-c2ccccc2)n1)C(=O)Nc1ccccc1. The highest BCUT2D eigenvalue weighted by Gasteiger charge is 2.20. The summed E-state index contributed by atoms with van der Waals surface area (Å²) < 4.78 is 7.25. The standard InChI is InChI=1S/C18H18N4O2/c1-2-16(17(23)20-14-9-5-3-6-10-14)24-18-19-13-22(21-18)15-11-7-4-8-12-15/h3-13,16H,2H2,1H3,(H,20,23). The summed E-state index contributed by atoms with van der Waals surface area (Å²) in [5.74, 6) is -0.222. The van der Waals surface area contributed by atoms with E-state index in [2.05, 4.69) is 15.4 Å². The van der Waals surface area contributed by atoms with Crippen LogP contribution in [0.3, 0.4) is 0 Å². The van der Waals surface area contributed by atoms with Crippen LogP contribution in [0.15, 0.2) is 67.0 Å². The lowest BCUT2D eigenvalue weighted by molar-refractivity contribution is -0.123. The second-order valence-electron chi connectivity index (χ2n) is 5.18. The van der Waals surface area contributed by atoms with Gasteiger partial charge in [0.05, 0.1) is 5.69 Å². The molecule has 2 aromatic carbocycles. The van der Waals surface area contributed by atoms with Crippen molar-refractivity contribution < 1.29 is 9.53 Å². The number of hydrogen-bond acceptors (Lipinski definition) is 4. The summed E-state index contributed by atoms with van der Waals surface area (Å²) in [7, 11) is 0. The highest BCUT2D eigenvalue weighted by molar-refractivity contribution is 5.94. The van der Waals surface area contributed by atoms with Gasteiger partial charge < -0.3 is 10.1 Å². The van der Waals surface area contributed by atoms with Crippen LogP contribution in [0, 0.1) is 0 Å². The summed E-state index contributed by atoms with van der Waals surface area (Å²) in [6, 6.07) is 19.0. The Morgan fingerprint density at radius 1 is 1.12 bits per heavy atom.